The Labute approximate surface area is 109 Å². The number of aryl methyl sites for hydroxylation is 2. The van der Waals surface area contributed by atoms with E-state index in [4.69, 9.17) is 0 Å². The van der Waals surface area contributed by atoms with E-state index in [9.17, 15) is 10.1 Å². The number of rotatable bonds is 4. The van der Waals surface area contributed by atoms with Gasteiger partial charge >= 0.3 is 5.69 Å². The largest absolute Gasteiger partial charge is 0.359 e. The fourth-order valence-electron chi connectivity index (χ4n) is 2.26. The fraction of sp³-hybridized carbons (Fsp3) is 0.333. The van der Waals surface area contributed by atoms with Gasteiger partial charge in [-0.3, -0.25) is 14.8 Å². The van der Waals surface area contributed by atoms with Gasteiger partial charge in [-0.25, -0.2) is 4.98 Å². The number of nitro groups is 1. The van der Waals surface area contributed by atoms with Crippen LogP contribution in [0.1, 0.15) is 17.8 Å². The monoisotopic (exact) mass is 259 g/mol. The first kappa shape index (κ1) is 11.6. The minimum Gasteiger partial charge on any atom is -0.359 e. The van der Waals surface area contributed by atoms with E-state index in [2.05, 4.69) is 15.4 Å². The maximum atomic E-state index is 10.9. The van der Waals surface area contributed by atoms with Crippen LogP contribution in [0.25, 0.3) is 0 Å². The molecule has 0 aromatic carbocycles. The molecule has 0 unspecified atom stereocenters. The second-order valence-electron chi connectivity index (χ2n) is 4.44. The molecule has 0 fully saturated rings. The van der Waals surface area contributed by atoms with Crippen molar-refractivity contribution < 1.29 is 4.92 Å². The Morgan fingerprint density at radius 2 is 2.42 bits per heavy atom. The topological polar surface area (TPSA) is 85.9 Å². The minimum absolute atomic E-state index is 0.0192. The number of pyridine rings is 1. The molecule has 7 nitrogen and oxygen atoms in total. The van der Waals surface area contributed by atoms with Crippen molar-refractivity contribution in [2.24, 2.45) is 0 Å². The Hall–Kier alpha value is -2.44. The first-order valence-corrected chi connectivity index (χ1v) is 6.13. The van der Waals surface area contributed by atoms with Gasteiger partial charge in [0.2, 0.25) is 5.82 Å². The molecule has 1 N–H and O–H groups in total. The lowest BCUT2D eigenvalue weighted by Crippen LogP contribution is -2.05. The first-order valence-electron chi connectivity index (χ1n) is 6.13. The lowest BCUT2D eigenvalue weighted by Gasteiger charge is -2.03. The maximum absolute atomic E-state index is 10.9. The standard InChI is InChI=1S/C12H13N5O2/c18-17(19)11-4-1-5-13-12(11)14-8-9-7-10-3-2-6-16(10)15-9/h1,4-5,7H,2-3,6,8H2,(H,13,14). The van der Waals surface area contributed by atoms with Gasteiger partial charge in [-0.2, -0.15) is 5.10 Å². The van der Waals surface area contributed by atoms with Crippen LogP contribution in [0.5, 0.6) is 0 Å². The van der Waals surface area contributed by atoms with Crippen LogP contribution < -0.4 is 5.32 Å². The molecule has 7 heteroatoms. The fourth-order valence-corrected chi connectivity index (χ4v) is 2.26. The summed E-state index contributed by atoms with van der Waals surface area (Å²) in [6, 6.07) is 5.02. The summed E-state index contributed by atoms with van der Waals surface area (Å²) in [7, 11) is 0. The second-order valence-corrected chi connectivity index (χ2v) is 4.44. The number of hydrogen-bond acceptors (Lipinski definition) is 5. The summed E-state index contributed by atoms with van der Waals surface area (Å²) in [5, 5.41) is 18.3. The zero-order valence-electron chi connectivity index (χ0n) is 10.2. The Kier molecular flexibility index (Phi) is 2.86. The Bertz CT molecular complexity index is 601. The van der Waals surface area contributed by atoms with Crippen molar-refractivity contribution in [2.75, 3.05) is 5.32 Å². The zero-order valence-corrected chi connectivity index (χ0v) is 10.2. The maximum Gasteiger partial charge on any atom is 0.311 e. The van der Waals surface area contributed by atoms with Crippen LogP contribution >= 0.6 is 0 Å². The first-order chi connectivity index (χ1) is 9.24. The number of nitrogens with zero attached hydrogens (tertiary/aromatic N) is 4. The molecule has 2 aromatic rings. The van der Waals surface area contributed by atoms with Crippen molar-refractivity contribution in [3.05, 3.63) is 45.9 Å². The molecule has 1 aliphatic rings. The smallest absolute Gasteiger partial charge is 0.311 e. The van der Waals surface area contributed by atoms with Gasteiger partial charge in [-0.1, -0.05) is 0 Å². The summed E-state index contributed by atoms with van der Waals surface area (Å²) in [5.74, 6) is 0.278. The highest BCUT2D eigenvalue weighted by molar-refractivity contribution is 5.55. The van der Waals surface area contributed by atoms with Gasteiger partial charge in [0.25, 0.3) is 0 Å². The second kappa shape index (κ2) is 4.68. The minimum atomic E-state index is -0.442. The summed E-state index contributed by atoms with van der Waals surface area (Å²) in [6.07, 6.45) is 3.72. The molecule has 0 atom stereocenters. The molecule has 0 saturated carbocycles. The molecule has 0 amide bonds. The lowest BCUT2D eigenvalue weighted by molar-refractivity contribution is -0.384. The molecule has 0 spiro atoms. The van der Waals surface area contributed by atoms with Crippen molar-refractivity contribution in [3.63, 3.8) is 0 Å². The quantitative estimate of drug-likeness (QED) is 0.667. The average Bonchev–Trinajstić information content (AvgIpc) is 2.97. The third-order valence-corrected chi connectivity index (χ3v) is 3.14. The molecule has 19 heavy (non-hydrogen) atoms. The van der Waals surface area contributed by atoms with E-state index in [1.807, 2.05) is 10.7 Å². The van der Waals surface area contributed by atoms with Crippen LogP contribution in [0.3, 0.4) is 0 Å². The van der Waals surface area contributed by atoms with E-state index in [0.29, 0.717) is 6.54 Å². The molecule has 98 valence electrons. The average molecular weight is 259 g/mol. The van der Waals surface area contributed by atoms with Crippen molar-refractivity contribution in [1.29, 1.82) is 0 Å². The highest BCUT2D eigenvalue weighted by atomic mass is 16.6. The molecule has 2 aromatic heterocycles. The van der Waals surface area contributed by atoms with Crippen molar-refractivity contribution in [1.82, 2.24) is 14.8 Å². The van der Waals surface area contributed by atoms with Gasteiger partial charge < -0.3 is 5.32 Å². The summed E-state index contributed by atoms with van der Waals surface area (Å²) < 4.78 is 1.99. The summed E-state index contributed by atoms with van der Waals surface area (Å²) in [5.41, 5.74) is 2.09. The van der Waals surface area contributed by atoms with Gasteiger partial charge in [-0.05, 0) is 25.0 Å². The predicted molar refractivity (Wildman–Crippen MR) is 68.8 cm³/mol. The lowest BCUT2D eigenvalue weighted by atomic mass is 10.2. The van der Waals surface area contributed by atoms with Gasteiger partial charge in [0.05, 0.1) is 17.2 Å². The van der Waals surface area contributed by atoms with E-state index in [1.54, 1.807) is 6.07 Å². The summed E-state index contributed by atoms with van der Waals surface area (Å²) in [4.78, 5) is 14.4. The van der Waals surface area contributed by atoms with Gasteiger partial charge in [0.15, 0.2) is 0 Å². The Morgan fingerprint density at radius 3 is 3.21 bits per heavy atom. The number of fused-ring (bicyclic) bond motifs is 1. The number of hydrogen-bond donors (Lipinski definition) is 1. The van der Waals surface area contributed by atoms with E-state index >= 15 is 0 Å². The van der Waals surface area contributed by atoms with E-state index in [-0.39, 0.29) is 11.5 Å². The summed E-state index contributed by atoms with van der Waals surface area (Å²) >= 11 is 0. The highest BCUT2D eigenvalue weighted by Crippen LogP contribution is 2.21. The van der Waals surface area contributed by atoms with Crippen LogP contribution in [0, 0.1) is 10.1 Å². The summed E-state index contributed by atoms with van der Waals surface area (Å²) in [6.45, 7) is 1.40. The van der Waals surface area contributed by atoms with E-state index < -0.39 is 4.92 Å². The van der Waals surface area contributed by atoms with Crippen LogP contribution in [-0.2, 0) is 19.5 Å². The van der Waals surface area contributed by atoms with Gasteiger partial charge in [-0.15, -0.1) is 0 Å². The van der Waals surface area contributed by atoms with Crippen LogP contribution in [-0.4, -0.2) is 19.7 Å². The Balaban J connectivity index is 1.73. The highest BCUT2D eigenvalue weighted by Gasteiger charge is 2.16. The van der Waals surface area contributed by atoms with Crippen molar-refractivity contribution in [2.45, 2.75) is 25.9 Å². The molecule has 0 radical (unpaired) electrons. The molecule has 3 heterocycles. The van der Waals surface area contributed by atoms with Crippen LogP contribution in [0.2, 0.25) is 0 Å². The number of nitrogens with one attached hydrogen (secondary N) is 1. The van der Waals surface area contributed by atoms with E-state index in [0.717, 1.165) is 25.1 Å². The third-order valence-electron chi connectivity index (χ3n) is 3.14. The normalized spacial score (nSPS) is 13.3. The van der Waals surface area contributed by atoms with Gasteiger partial charge in [0, 0.05) is 24.5 Å². The molecule has 1 aliphatic heterocycles. The van der Waals surface area contributed by atoms with Crippen LogP contribution in [0.15, 0.2) is 24.4 Å². The predicted octanol–water partition coefficient (Wildman–Crippen LogP) is 1.74. The van der Waals surface area contributed by atoms with Crippen molar-refractivity contribution >= 4 is 11.5 Å². The molecular weight excluding hydrogens is 246 g/mol. The third kappa shape index (κ3) is 2.26. The molecule has 0 bridgehead atoms. The number of anilines is 1. The molecule has 3 rings (SSSR count). The SMILES string of the molecule is O=[N+]([O-])c1cccnc1NCc1cc2n(n1)CCC2. The Morgan fingerprint density at radius 1 is 1.53 bits per heavy atom. The van der Waals surface area contributed by atoms with Gasteiger partial charge in [0.1, 0.15) is 0 Å². The van der Waals surface area contributed by atoms with Crippen molar-refractivity contribution in [3.8, 4) is 0 Å². The number of aromatic nitrogens is 3. The molecule has 0 saturated heterocycles. The zero-order chi connectivity index (χ0) is 13.2. The molecular formula is C12H13N5O2. The molecule has 0 aliphatic carbocycles. The van der Waals surface area contributed by atoms with Crippen LogP contribution in [0.4, 0.5) is 11.5 Å². The van der Waals surface area contributed by atoms with E-state index in [1.165, 1.54) is 18.0 Å².